The molecule has 6 heteroatoms. The number of nitrogens with zero attached hydrogens (tertiary/aromatic N) is 3. The molecule has 0 spiro atoms. The molecule has 4 rings (SSSR count). The number of benzene rings is 1. The minimum atomic E-state index is -0.365. The molecule has 0 radical (unpaired) electrons. The Bertz CT molecular complexity index is 1070. The van der Waals surface area contributed by atoms with Gasteiger partial charge in [0, 0.05) is 23.1 Å². The summed E-state index contributed by atoms with van der Waals surface area (Å²) >= 11 is 0. The third-order valence-electron chi connectivity index (χ3n) is 7.43. The number of hydrogen-bond acceptors (Lipinski definition) is 4. The maximum Gasteiger partial charge on any atom is 0.292 e. The summed E-state index contributed by atoms with van der Waals surface area (Å²) in [6.07, 6.45) is 3.27. The number of hydrogen-bond donors (Lipinski definition) is 1. The average molecular weight is 395 g/mol. The van der Waals surface area contributed by atoms with Crippen molar-refractivity contribution in [3.05, 3.63) is 40.3 Å². The first kappa shape index (κ1) is 19.8. The van der Waals surface area contributed by atoms with E-state index in [-0.39, 0.29) is 33.9 Å². The summed E-state index contributed by atoms with van der Waals surface area (Å²) in [5.74, 6) is 0.499. The van der Waals surface area contributed by atoms with Crippen LogP contribution in [0.25, 0.3) is 10.8 Å². The predicted octanol–water partition coefficient (Wildman–Crippen LogP) is 3.98. The Hall–Kier alpha value is -2.50. The van der Waals surface area contributed by atoms with Crippen LogP contribution >= 0.6 is 0 Å². The lowest BCUT2D eigenvalue weighted by atomic mass is 9.70. The van der Waals surface area contributed by atoms with Gasteiger partial charge in [-0.3, -0.25) is 9.59 Å². The van der Waals surface area contributed by atoms with Crippen molar-refractivity contribution in [3.63, 3.8) is 0 Å². The summed E-state index contributed by atoms with van der Waals surface area (Å²) in [4.78, 5) is 25.8. The van der Waals surface area contributed by atoms with Gasteiger partial charge in [-0.05, 0) is 42.6 Å². The molecule has 0 aliphatic heterocycles. The number of carbonyl (C=O) groups excluding carboxylic acids is 1. The molecule has 1 heterocycles. The number of fused-ring (bicyclic) bond motifs is 3. The molecule has 2 fully saturated rings. The van der Waals surface area contributed by atoms with E-state index in [4.69, 9.17) is 0 Å². The smallest absolute Gasteiger partial charge is 0.267 e. The zero-order chi connectivity index (χ0) is 21.0. The van der Waals surface area contributed by atoms with Crippen LogP contribution in [0.1, 0.15) is 64.4 Å². The van der Waals surface area contributed by atoms with Gasteiger partial charge in [-0.2, -0.15) is 10.2 Å². The summed E-state index contributed by atoms with van der Waals surface area (Å²) in [6, 6.07) is 7.15. The van der Waals surface area contributed by atoms with E-state index in [9.17, 15) is 9.59 Å². The molecule has 2 atom stereocenters. The van der Waals surface area contributed by atoms with Gasteiger partial charge in [0.05, 0.1) is 5.39 Å². The van der Waals surface area contributed by atoms with E-state index in [1.54, 1.807) is 12.1 Å². The molecular weight excluding hydrogens is 364 g/mol. The summed E-state index contributed by atoms with van der Waals surface area (Å²) < 4.78 is 1.40. The van der Waals surface area contributed by atoms with Gasteiger partial charge in [-0.25, -0.2) is 10.1 Å². The monoisotopic (exact) mass is 394 g/mol. The van der Waals surface area contributed by atoms with Gasteiger partial charge >= 0.3 is 0 Å². The molecule has 1 aromatic carbocycles. The lowest BCUT2D eigenvalue weighted by molar-refractivity contribution is 0.0948. The Kier molecular flexibility index (Phi) is 4.63. The molecule has 29 heavy (non-hydrogen) atoms. The third-order valence-corrected chi connectivity index (χ3v) is 7.43. The maximum atomic E-state index is 13.0. The summed E-state index contributed by atoms with van der Waals surface area (Å²) in [7, 11) is 0. The topological polar surface area (TPSA) is 76.3 Å². The number of nitrogens with one attached hydrogen (secondary N) is 1. The average Bonchev–Trinajstić information content (AvgIpc) is 3.01. The minimum absolute atomic E-state index is 0.0247. The standard InChI is InChI=1S/C23H30N4O2/c1-14(2)13-27-21(29)17-9-7-6-8-16(17)19(26-27)20(28)25-24-18-12-15-10-11-23(18,5)22(15,3)4/h6-9,14-15H,10-13H2,1-5H3,(H,25,28)/b24-18-/t15-,23-/m0/s1. The molecule has 154 valence electrons. The van der Waals surface area contributed by atoms with Crippen LogP contribution < -0.4 is 11.0 Å². The van der Waals surface area contributed by atoms with Crippen LogP contribution in [0.2, 0.25) is 0 Å². The Morgan fingerprint density at radius 3 is 2.55 bits per heavy atom. The van der Waals surface area contributed by atoms with E-state index < -0.39 is 0 Å². The quantitative estimate of drug-likeness (QED) is 0.797. The molecule has 1 aromatic heterocycles. The second-order valence-corrected chi connectivity index (χ2v) is 9.77. The van der Waals surface area contributed by atoms with Crippen LogP contribution in [-0.2, 0) is 6.54 Å². The van der Waals surface area contributed by atoms with Gasteiger partial charge in [0.1, 0.15) is 0 Å². The Labute approximate surface area is 171 Å². The SMILES string of the molecule is CC(C)Cn1nc(C(=O)N/N=C2/C[C@@H]3CC[C@]2(C)C3(C)C)c2ccccc2c1=O. The van der Waals surface area contributed by atoms with Gasteiger partial charge in [0.2, 0.25) is 0 Å². The number of amides is 1. The van der Waals surface area contributed by atoms with Crippen molar-refractivity contribution in [1.29, 1.82) is 0 Å². The highest BCUT2D eigenvalue weighted by atomic mass is 16.2. The number of aromatic nitrogens is 2. The van der Waals surface area contributed by atoms with E-state index in [1.807, 2.05) is 26.0 Å². The van der Waals surface area contributed by atoms with E-state index >= 15 is 0 Å². The van der Waals surface area contributed by atoms with Crippen molar-refractivity contribution >= 4 is 22.4 Å². The molecule has 2 saturated carbocycles. The molecule has 2 aliphatic rings. The Balaban J connectivity index is 1.69. The number of hydrazone groups is 1. The maximum absolute atomic E-state index is 13.0. The van der Waals surface area contributed by atoms with Crippen LogP contribution in [0.3, 0.4) is 0 Å². The van der Waals surface area contributed by atoms with Crippen LogP contribution in [0.5, 0.6) is 0 Å². The fraction of sp³-hybridized carbons (Fsp3) is 0.565. The van der Waals surface area contributed by atoms with Crippen LogP contribution in [0.15, 0.2) is 34.2 Å². The van der Waals surface area contributed by atoms with Gasteiger partial charge in [-0.1, -0.05) is 52.8 Å². The van der Waals surface area contributed by atoms with Crippen molar-refractivity contribution < 1.29 is 4.79 Å². The highest BCUT2D eigenvalue weighted by Gasteiger charge is 2.60. The molecule has 1 N–H and O–H groups in total. The first-order valence-electron chi connectivity index (χ1n) is 10.5. The van der Waals surface area contributed by atoms with Crippen molar-refractivity contribution in [2.24, 2.45) is 27.8 Å². The molecule has 0 saturated heterocycles. The first-order chi connectivity index (χ1) is 13.6. The largest absolute Gasteiger partial charge is 0.292 e. The van der Waals surface area contributed by atoms with Gasteiger partial charge in [0.25, 0.3) is 11.5 Å². The number of rotatable bonds is 4. The van der Waals surface area contributed by atoms with Gasteiger partial charge in [0.15, 0.2) is 5.69 Å². The fourth-order valence-electron chi connectivity index (χ4n) is 5.14. The van der Waals surface area contributed by atoms with Crippen molar-refractivity contribution in [3.8, 4) is 0 Å². The molecule has 2 aromatic rings. The van der Waals surface area contributed by atoms with Crippen LogP contribution in [0.4, 0.5) is 0 Å². The van der Waals surface area contributed by atoms with E-state index in [0.717, 1.165) is 18.6 Å². The Morgan fingerprint density at radius 2 is 1.97 bits per heavy atom. The zero-order valence-electron chi connectivity index (χ0n) is 18.0. The minimum Gasteiger partial charge on any atom is -0.267 e. The second kappa shape index (κ2) is 6.78. The van der Waals surface area contributed by atoms with Crippen LogP contribution in [-0.4, -0.2) is 21.4 Å². The van der Waals surface area contributed by atoms with E-state index in [1.165, 1.54) is 11.1 Å². The van der Waals surface area contributed by atoms with Gasteiger partial charge < -0.3 is 0 Å². The molecule has 2 bridgehead atoms. The second-order valence-electron chi connectivity index (χ2n) is 9.77. The summed E-state index contributed by atoms with van der Waals surface area (Å²) in [5, 5.41) is 10.0. The molecular formula is C23H30N4O2. The molecule has 0 unspecified atom stereocenters. The molecule has 6 nitrogen and oxygen atoms in total. The highest BCUT2D eigenvalue weighted by Crippen LogP contribution is 2.63. The third kappa shape index (κ3) is 3.00. The van der Waals surface area contributed by atoms with Crippen molar-refractivity contribution in [1.82, 2.24) is 15.2 Å². The van der Waals surface area contributed by atoms with E-state index in [0.29, 0.717) is 23.2 Å². The Morgan fingerprint density at radius 1 is 1.28 bits per heavy atom. The number of carbonyl (C=O) groups is 1. The first-order valence-corrected chi connectivity index (χ1v) is 10.5. The van der Waals surface area contributed by atoms with Crippen molar-refractivity contribution in [2.75, 3.05) is 0 Å². The lowest BCUT2D eigenvalue weighted by Crippen LogP contribution is -2.35. The predicted molar refractivity (Wildman–Crippen MR) is 115 cm³/mol. The molecule has 1 amide bonds. The lowest BCUT2D eigenvalue weighted by Gasteiger charge is -2.34. The summed E-state index contributed by atoms with van der Waals surface area (Å²) in [5.41, 5.74) is 4.13. The highest BCUT2D eigenvalue weighted by molar-refractivity contribution is 6.05. The zero-order valence-corrected chi connectivity index (χ0v) is 18.0. The van der Waals surface area contributed by atoms with Crippen molar-refractivity contribution in [2.45, 2.75) is 60.4 Å². The fourth-order valence-corrected chi connectivity index (χ4v) is 5.14. The van der Waals surface area contributed by atoms with E-state index in [2.05, 4.69) is 36.4 Å². The van der Waals surface area contributed by atoms with Crippen LogP contribution in [0, 0.1) is 22.7 Å². The normalized spacial score (nSPS) is 26.6. The van der Waals surface area contributed by atoms with Gasteiger partial charge in [-0.15, -0.1) is 0 Å². The molecule has 2 aliphatic carbocycles. The summed E-state index contributed by atoms with van der Waals surface area (Å²) in [6.45, 7) is 11.4.